The molecular formula is C20H21FIN3O2. The van der Waals surface area contributed by atoms with Gasteiger partial charge in [0.25, 0.3) is 5.91 Å². The van der Waals surface area contributed by atoms with Crippen LogP contribution in [0, 0.1) is 11.2 Å². The Morgan fingerprint density at radius 3 is 2.59 bits per heavy atom. The van der Waals surface area contributed by atoms with E-state index in [1.165, 1.54) is 25.3 Å². The molecule has 4 N–H and O–H groups in total. The summed E-state index contributed by atoms with van der Waals surface area (Å²) >= 11 is 2.22. The van der Waals surface area contributed by atoms with Crippen molar-refractivity contribution in [2.24, 2.45) is 0 Å². The fraction of sp³-hybridized carbons (Fsp3) is 0.200. The summed E-state index contributed by atoms with van der Waals surface area (Å²) in [5.74, 6) is -0.359. The number of carbonyl (C=O) groups is 1. The number of rotatable bonds is 7. The van der Waals surface area contributed by atoms with Crippen LogP contribution in [0.3, 0.4) is 0 Å². The minimum absolute atomic E-state index is 0.0885. The number of hydrogen-bond acceptors (Lipinski definition) is 4. The predicted octanol–water partition coefficient (Wildman–Crippen LogP) is 4.05. The highest BCUT2D eigenvalue weighted by atomic mass is 127. The number of carbonyl (C=O) groups excluding carboxylic acids is 1. The molecule has 0 aliphatic carbocycles. The lowest BCUT2D eigenvalue weighted by Gasteiger charge is -2.15. The first-order valence-corrected chi connectivity index (χ1v) is 9.49. The van der Waals surface area contributed by atoms with E-state index in [2.05, 4.69) is 27.9 Å². The Morgan fingerprint density at radius 2 is 2.00 bits per heavy atom. The number of amides is 1. The van der Waals surface area contributed by atoms with E-state index in [1.807, 2.05) is 6.92 Å². The molecule has 0 aliphatic heterocycles. The molecule has 2 aromatic rings. The van der Waals surface area contributed by atoms with Gasteiger partial charge in [-0.3, -0.25) is 4.79 Å². The van der Waals surface area contributed by atoms with Crippen molar-refractivity contribution < 1.29 is 13.9 Å². The van der Waals surface area contributed by atoms with E-state index in [9.17, 15) is 9.18 Å². The lowest BCUT2D eigenvalue weighted by Crippen LogP contribution is -2.29. The van der Waals surface area contributed by atoms with Gasteiger partial charge in [-0.2, -0.15) is 0 Å². The number of anilines is 1. The summed E-state index contributed by atoms with van der Waals surface area (Å²) in [6.07, 6.45) is 3.21. The Labute approximate surface area is 171 Å². The summed E-state index contributed by atoms with van der Waals surface area (Å²) in [5.41, 5.74) is 7.86. The van der Waals surface area contributed by atoms with Crippen molar-refractivity contribution >= 4 is 46.0 Å². The molecule has 0 saturated heterocycles. The van der Waals surface area contributed by atoms with Crippen molar-refractivity contribution in [1.29, 1.82) is 5.41 Å². The summed E-state index contributed by atoms with van der Waals surface area (Å²) in [7, 11) is 1.44. The van der Waals surface area contributed by atoms with Gasteiger partial charge in [0.05, 0.1) is 23.9 Å². The monoisotopic (exact) mass is 481 g/mol. The van der Waals surface area contributed by atoms with Crippen LogP contribution in [0.4, 0.5) is 10.1 Å². The summed E-state index contributed by atoms with van der Waals surface area (Å²) in [6, 6.07) is 9.07. The first kappa shape index (κ1) is 20.9. The van der Waals surface area contributed by atoms with Crippen LogP contribution in [0.25, 0.3) is 6.08 Å². The van der Waals surface area contributed by atoms with Crippen LogP contribution in [-0.4, -0.2) is 29.2 Å². The van der Waals surface area contributed by atoms with Gasteiger partial charge in [-0.15, -0.1) is 0 Å². The predicted molar refractivity (Wildman–Crippen MR) is 115 cm³/mol. The van der Waals surface area contributed by atoms with Gasteiger partial charge in [0.1, 0.15) is 11.6 Å². The highest BCUT2D eigenvalue weighted by molar-refractivity contribution is 14.1. The fourth-order valence-corrected chi connectivity index (χ4v) is 2.65. The molecule has 0 heterocycles. The molecule has 0 unspecified atom stereocenters. The van der Waals surface area contributed by atoms with Crippen molar-refractivity contribution in [3.05, 3.63) is 65.0 Å². The van der Waals surface area contributed by atoms with Gasteiger partial charge >= 0.3 is 0 Å². The van der Waals surface area contributed by atoms with Gasteiger partial charge < -0.3 is 21.2 Å². The SMILES string of the molecule is COc1c(C(=O)NC[C@H](C)I)ccc(N)c1C(=N)/C=C/c1ccc(F)cc1. The van der Waals surface area contributed by atoms with Crippen LogP contribution in [0.2, 0.25) is 0 Å². The minimum atomic E-state index is -0.326. The van der Waals surface area contributed by atoms with Gasteiger partial charge in [-0.25, -0.2) is 4.39 Å². The number of nitrogens with two attached hydrogens (primary N) is 1. The van der Waals surface area contributed by atoms with Crippen molar-refractivity contribution in [1.82, 2.24) is 5.32 Å². The molecule has 142 valence electrons. The summed E-state index contributed by atoms with van der Waals surface area (Å²) in [6.45, 7) is 2.51. The van der Waals surface area contributed by atoms with Gasteiger partial charge in [-0.1, -0.05) is 47.7 Å². The van der Waals surface area contributed by atoms with Gasteiger partial charge in [0.15, 0.2) is 0 Å². The van der Waals surface area contributed by atoms with E-state index in [0.717, 1.165) is 5.56 Å². The number of hydrogen-bond donors (Lipinski definition) is 3. The zero-order valence-corrected chi connectivity index (χ0v) is 17.2. The molecule has 0 aliphatic rings. The molecule has 7 heteroatoms. The van der Waals surface area contributed by atoms with E-state index in [0.29, 0.717) is 23.4 Å². The lowest BCUT2D eigenvalue weighted by molar-refractivity contribution is 0.0951. The van der Waals surface area contributed by atoms with Crippen LogP contribution in [-0.2, 0) is 0 Å². The Bertz CT molecular complexity index is 864. The molecule has 0 aromatic heterocycles. The number of allylic oxidation sites excluding steroid dienone is 1. The number of methoxy groups -OCH3 is 1. The maximum atomic E-state index is 13.0. The largest absolute Gasteiger partial charge is 0.495 e. The van der Waals surface area contributed by atoms with E-state index in [4.69, 9.17) is 15.9 Å². The number of halogens is 2. The molecule has 2 rings (SSSR count). The highest BCUT2D eigenvalue weighted by Crippen LogP contribution is 2.30. The average molecular weight is 481 g/mol. The van der Waals surface area contributed by atoms with Crippen molar-refractivity contribution in [3.63, 3.8) is 0 Å². The second-order valence-corrected chi connectivity index (χ2v) is 8.03. The van der Waals surface area contributed by atoms with E-state index >= 15 is 0 Å². The van der Waals surface area contributed by atoms with Crippen molar-refractivity contribution in [3.8, 4) is 5.75 Å². The molecule has 5 nitrogen and oxygen atoms in total. The average Bonchev–Trinajstić information content (AvgIpc) is 2.64. The molecule has 0 bridgehead atoms. The molecule has 27 heavy (non-hydrogen) atoms. The molecule has 2 aromatic carbocycles. The molecule has 0 radical (unpaired) electrons. The lowest BCUT2D eigenvalue weighted by atomic mass is 10.0. The topological polar surface area (TPSA) is 88.2 Å². The summed E-state index contributed by atoms with van der Waals surface area (Å²) in [4.78, 5) is 12.5. The summed E-state index contributed by atoms with van der Waals surface area (Å²) < 4.78 is 18.7. The fourth-order valence-electron chi connectivity index (χ4n) is 2.43. The Balaban J connectivity index is 2.34. The highest BCUT2D eigenvalue weighted by Gasteiger charge is 2.20. The van der Waals surface area contributed by atoms with Gasteiger partial charge in [0, 0.05) is 16.2 Å². The third-order valence-electron chi connectivity index (χ3n) is 3.76. The second-order valence-electron chi connectivity index (χ2n) is 5.90. The van der Waals surface area contributed by atoms with Crippen LogP contribution in [0.5, 0.6) is 5.75 Å². The standard InChI is InChI=1S/C20H21FIN3O2/c1-12(22)11-25-20(26)15-8-10-17(24)18(19(15)27-2)16(23)9-5-13-3-6-14(21)7-4-13/h3-10,12,23H,11,24H2,1-2H3,(H,25,26)/b9-5+,23-16?/t12-/m0/s1. The number of benzene rings is 2. The third-order valence-corrected chi connectivity index (χ3v) is 4.20. The molecule has 1 atom stereocenters. The number of ether oxygens (including phenoxy) is 1. The maximum absolute atomic E-state index is 13.0. The zero-order valence-electron chi connectivity index (χ0n) is 15.1. The maximum Gasteiger partial charge on any atom is 0.255 e. The number of alkyl halides is 1. The molecule has 1 amide bonds. The van der Waals surface area contributed by atoms with Crippen LogP contribution < -0.4 is 15.8 Å². The van der Waals surface area contributed by atoms with E-state index < -0.39 is 0 Å². The van der Waals surface area contributed by atoms with E-state index in [1.54, 1.807) is 30.3 Å². The van der Waals surface area contributed by atoms with Crippen molar-refractivity contribution in [2.45, 2.75) is 10.8 Å². The normalized spacial score (nSPS) is 12.0. The van der Waals surface area contributed by atoms with Gasteiger partial charge in [0.2, 0.25) is 0 Å². The third kappa shape index (κ3) is 5.53. The first-order chi connectivity index (χ1) is 12.8. The Kier molecular flexibility index (Phi) is 7.35. The Hall–Kier alpha value is -2.42. The summed E-state index contributed by atoms with van der Waals surface area (Å²) in [5, 5.41) is 11.2. The minimum Gasteiger partial charge on any atom is -0.495 e. The number of nitrogen functional groups attached to an aromatic ring is 1. The molecule has 0 spiro atoms. The van der Waals surface area contributed by atoms with E-state index in [-0.39, 0.29) is 27.1 Å². The molecule has 0 saturated carbocycles. The van der Waals surface area contributed by atoms with Crippen molar-refractivity contribution in [2.75, 3.05) is 19.4 Å². The molecular weight excluding hydrogens is 460 g/mol. The van der Waals surface area contributed by atoms with Gasteiger partial charge in [-0.05, 0) is 35.9 Å². The van der Waals surface area contributed by atoms with Crippen LogP contribution in [0.15, 0.2) is 42.5 Å². The second kappa shape index (κ2) is 9.50. The number of nitrogens with one attached hydrogen (secondary N) is 2. The zero-order chi connectivity index (χ0) is 20.0. The van der Waals surface area contributed by atoms with Crippen LogP contribution >= 0.6 is 22.6 Å². The molecule has 0 fully saturated rings. The quantitative estimate of drug-likeness (QED) is 0.241. The Morgan fingerprint density at radius 1 is 1.33 bits per heavy atom. The first-order valence-electron chi connectivity index (χ1n) is 8.24. The van der Waals surface area contributed by atoms with Crippen LogP contribution in [0.1, 0.15) is 28.4 Å². The smallest absolute Gasteiger partial charge is 0.255 e.